The van der Waals surface area contributed by atoms with Crippen molar-refractivity contribution < 1.29 is 9.90 Å². The summed E-state index contributed by atoms with van der Waals surface area (Å²) in [6, 6.07) is 0.214. The molecule has 0 unspecified atom stereocenters. The Morgan fingerprint density at radius 1 is 1.05 bits per heavy atom. The van der Waals surface area contributed by atoms with Gasteiger partial charge in [-0.25, -0.2) is 4.79 Å². The van der Waals surface area contributed by atoms with Gasteiger partial charge in [0.2, 0.25) is 0 Å². The second-order valence-electron chi connectivity index (χ2n) is 6.20. The molecule has 4 heteroatoms. The molecule has 2 rings (SSSR count). The summed E-state index contributed by atoms with van der Waals surface area (Å²) >= 11 is 0. The first-order valence-corrected chi connectivity index (χ1v) is 7.96. The minimum Gasteiger partial charge on any atom is -0.393 e. The Balaban J connectivity index is 1.49. The van der Waals surface area contributed by atoms with Gasteiger partial charge in [-0.05, 0) is 44.4 Å². The molecule has 0 heterocycles. The van der Waals surface area contributed by atoms with Crippen LogP contribution in [0, 0.1) is 5.92 Å². The summed E-state index contributed by atoms with van der Waals surface area (Å²) in [5.74, 6) is 0.907. The molecular weight excluding hydrogens is 240 g/mol. The van der Waals surface area contributed by atoms with E-state index in [2.05, 4.69) is 10.6 Å². The molecule has 0 atom stereocenters. The fraction of sp³-hybridized carbons (Fsp3) is 0.933. The molecule has 2 saturated carbocycles. The summed E-state index contributed by atoms with van der Waals surface area (Å²) in [4.78, 5) is 11.7. The van der Waals surface area contributed by atoms with Gasteiger partial charge in [0.25, 0.3) is 0 Å². The Bertz CT molecular complexity index is 269. The van der Waals surface area contributed by atoms with Gasteiger partial charge in [-0.2, -0.15) is 0 Å². The third-order valence-electron chi connectivity index (χ3n) is 4.58. The van der Waals surface area contributed by atoms with Crippen molar-refractivity contribution >= 4 is 6.03 Å². The fourth-order valence-corrected chi connectivity index (χ4v) is 3.35. The number of hydrogen-bond donors (Lipinski definition) is 3. The van der Waals surface area contributed by atoms with Crippen LogP contribution in [0.15, 0.2) is 0 Å². The van der Waals surface area contributed by atoms with Crippen LogP contribution in [0.5, 0.6) is 0 Å². The summed E-state index contributed by atoms with van der Waals surface area (Å²) in [6.07, 6.45) is 11.2. The van der Waals surface area contributed by atoms with Gasteiger partial charge in [0.05, 0.1) is 6.10 Å². The smallest absolute Gasteiger partial charge is 0.315 e. The summed E-state index contributed by atoms with van der Waals surface area (Å²) in [7, 11) is 0. The largest absolute Gasteiger partial charge is 0.393 e. The molecule has 2 aliphatic rings. The van der Waals surface area contributed by atoms with E-state index in [9.17, 15) is 9.90 Å². The molecule has 0 aromatic rings. The first-order chi connectivity index (χ1) is 9.24. The zero-order valence-corrected chi connectivity index (χ0v) is 11.9. The van der Waals surface area contributed by atoms with Crippen LogP contribution >= 0.6 is 0 Å². The van der Waals surface area contributed by atoms with Crippen LogP contribution in [0.1, 0.15) is 64.2 Å². The number of carbonyl (C=O) groups excluding carboxylic acids is 1. The molecule has 0 bridgehead atoms. The lowest BCUT2D eigenvalue weighted by Crippen LogP contribution is -2.44. The van der Waals surface area contributed by atoms with Crippen LogP contribution in [-0.4, -0.2) is 29.8 Å². The van der Waals surface area contributed by atoms with Crippen LogP contribution in [0.3, 0.4) is 0 Å². The zero-order chi connectivity index (χ0) is 13.5. The van der Waals surface area contributed by atoms with E-state index in [4.69, 9.17) is 0 Å². The zero-order valence-electron chi connectivity index (χ0n) is 11.9. The summed E-state index contributed by atoms with van der Waals surface area (Å²) in [5.41, 5.74) is 0. The molecule has 0 saturated heterocycles. The van der Waals surface area contributed by atoms with Gasteiger partial charge in [-0.15, -0.1) is 0 Å². The SMILES string of the molecule is O=C(NCCCC1CCCC1)NC1CCC(O)CC1. The van der Waals surface area contributed by atoms with E-state index in [1.807, 2.05) is 0 Å². The standard InChI is InChI=1S/C15H28N2O2/c18-14-9-7-13(8-10-14)17-15(19)16-11-3-6-12-4-1-2-5-12/h12-14,18H,1-11H2,(H2,16,17,19). The van der Waals surface area contributed by atoms with Crippen molar-refractivity contribution in [1.29, 1.82) is 0 Å². The lowest BCUT2D eigenvalue weighted by Gasteiger charge is -2.26. The van der Waals surface area contributed by atoms with Gasteiger partial charge in [-0.1, -0.05) is 25.7 Å². The summed E-state index contributed by atoms with van der Waals surface area (Å²) in [6.45, 7) is 0.789. The molecule has 0 aromatic carbocycles. The highest BCUT2D eigenvalue weighted by atomic mass is 16.3. The van der Waals surface area contributed by atoms with Crippen LogP contribution in [0.25, 0.3) is 0 Å². The Hall–Kier alpha value is -0.770. The molecule has 0 aromatic heterocycles. The molecular formula is C15H28N2O2. The molecule has 2 fully saturated rings. The second-order valence-corrected chi connectivity index (χ2v) is 6.20. The van der Waals surface area contributed by atoms with E-state index in [1.165, 1.54) is 32.1 Å². The average molecular weight is 268 g/mol. The fourth-order valence-electron chi connectivity index (χ4n) is 3.35. The Morgan fingerprint density at radius 2 is 1.74 bits per heavy atom. The van der Waals surface area contributed by atoms with E-state index in [-0.39, 0.29) is 18.2 Å². The predicted molar refractivity (Wildman–Crippen MR) is 76.0 cm³/mol. The van der Waals surface area contributed by atoms with Crippen molar-refractivity contribution in [2.45, 2.75) is 76.4 Å². The molecule has 2 aliphatic carbocycles. The van der Waals surface area contributed by atoms with Crippen molar-refractivity contribution in [2.75, 3.05) is 6.54 Å². The topological polar surface area (TPSA) is 61.4 Å². The average Bonchev–Trinajstić information content (AvgIpc) is 2.91. The van der Waals surface area contributed by atoms with Crippen molar-refractivity contribution in [3.8, 4) is 0 Å². The number of aliphatic hydroxyl groups is 1. The predicted octanol–water partition coefficient (Wildman–Crippen LogP) is 2.56. The lowest BCUT2D eigenvalue weighted by atomic mass is 9.93. The van der Waals surface area contributed by atoms with E-state index >= 15 is 0 Å². The van der Waals surface area contributed by atoms with Crippen LogP contribution in [0.2, 0.25) is 0 Å². The number of amides is 2. The first kappa shape index (κ1) is 14.6. The number of nitrogens with one attached hydrogen (secondary N) is 2. The van der Waals surface area contributed by atoms with Crippen LogP contribution in [0.4, 0.5) is 4.79 Å². The van der Waals surface area contributed by atoms with E-state index in [1.54, 1.807) is 0 Å². The summed E-state index contributed by atoms with van der Waals surface area (Å²) < 4.78 is 0. The summed E-state index contributed by atoms with van der Waals surface area (Å²) in [5, 5.41) is 15.4. The van der Waals surface area contributed by atoms with Crippen LogP contribution < -0.4 is 10.6 Å². The van der Waals surface area contributed by atoms with Gasteiger partial charge in [0.15, 0.2) is 0 Å². The van der Waals surface area contributed by atoms with Crippen LogP contribution in [-0.2, 0) is 0 Å². The van der Waals surface area contributed by atoms with Gasteiger partial charge < -0.3 is 15.7 Å². The Morgan fingerprint density at radius 3 is 2.42 bits per heavy atom. The number of aliphatic hydroxyl groups excluding tert-OH is 1. The molecule has 3 N–H and O–H groups in total. The second kappa shape index (κ2) is 7.73. The Kier molecular flexibility index (Phi) is 5.95. The van der Waals surface area contributed by atoms with Crippen molar-refractivity contribution in [3.63, 3.8) is 0 Å². The third-order valence-corrected chi connectivity index (χ3v) is 4.58. The van der Waals surface area contributed by atoms with Crippen molar-refractivity contribution in [1.82, 2.24) is 10.6 Å². The van der Waals surface area contributed by atoms with Gasteiger partial charge in [-0.3, -0.25) is 0 Å². The number of rotatable bonds is 5. The highest BCUT2D eigenvalue weighted by Crippen LogP contribution is 2.28. The van der Waals surface area contributed by atoms with Crippen molar-refractivity contribution in [3.05, 3.63) is 0 Å². The highest BCUT2D eigenvalue weighted by molar-refractivity contribution is 5.74. The molecule has 110 valence electrons. The number of urea groups is 1. The van der Waals surface area contributed by atoms with Crippen molar-refractivity contribution in [2.24, 2.45) is 5.92 Å². The molecule has 0 aliphatic heterocycles. The maximum absolute atomic E-state index is 11.7. The first-order valence-electron chi connectivity index (χ1n) is 7.96. The third kappa shape index (κ3) is 5.39. The van der Waals surface area contributed by atoms with E-state index in [0.717, 1.165) is 44.6 Å². The number of carbonyl (C=O) groups is 1. The van der Waals surface area contributed by atoms with Gasteiger partial charge in [0.1, 0.15) is 0 Å². The monoisotopic (exact) mass is 268 g/mol. The molecule has 0 spiro atoms. The molecule has 2 amide bonds. The minimum atomic E-state index is -0.160. The Labute approximate surface area is 116 Å². The van der Waals surface area contributed by atoms with Gasteiger partial charge >= 0.3 is 6.03 Å². The maximum atomic E-state index is 11.7. The maximum Gasteiger partial charge on any atom is 0.315 e. The molecule has 4 nitrogen and oxygen atoms in total. The van der Waals surface area contributed by atoms with Gasteiger partial charge in [0, 0.05) is 12.6 Å². The minimum absolute atomic E-state index is 0.0344. The van der Waals surface area contributed by atoms with E-state index in [0.29, 0.717) is 0 Å². The quantitative estimate of drug-likeness (QED) is 0.671. The normalized spacial score (nSPS) is 28.3. The molecule has 0 radical (unpaired) electrons. The highest BCUT2D eigenvalue weighted by Gasteiger charge is 2.20. The molecule has 19 heavy (non-hydrogen) atoms. The lowest BCUT2D eigenvalue weighted by molar-refractivity contribution is 0.117. The number of hydrogen-bond acceptors (Lipinski definition) is 2. The van der Waals surface area contributed by atoms with E-state index < -0.39 is 0 Å².